The van der Waals surface area contributed by atoms with E-state index in [0.717, 1.165) is 5.69 Å². The molecule has 90 valence electrons. The van der Waals surface area contributed by atoms with E-state index in [0.29, 0.717) is 11.3 Å². The molecule has 5 nitrogen and oxygen atoms in total. The number of aliphatic carboxylic acids is 1. The molecule has 0 aromatic heterocycles. The third kappa shape index (κ3) is 2.22. The van der Waals surface area contributed by atoms with Crippen LogP contribution in [0.25, 0.3) is 0 Å². The third-order valence-corrected chi connectivity index (χ3v) is 2.70. The van der Waals surface area contributed by atoms with Crippen molar-refractivity contribution in [2.24, 2.45) is 0 Å². The molecule has 0 bridgehead atoms. The fourth-order valence-electron chi connectivity index (χ4n) is 1.76. The van der Waals surface area contributed by atoms with Crippen molar-refractivity contribution >= 4 is 23.3 Å². The molecule has 2 rings (SSSR count). The van der Waals surface area contributed by atoms with Crippen molar-refractivity contribution in [2.45, 2.75) is 25.8 Å². The Morgan fingerprint density at radius 3 is 2.71 bits per heavy atom. The number of fused-ring (bicyclic) bond motifs is 1. The highest BCUT2D eigenvalue weighted by molar-refractivity contribution is 6.05. The molecule has 1 aliphatic heterocycles. The summed E-state index contributed by atoms with van der Waals surface area (Å²) in [7, 11) is 0. The Morgan fingerprint density at radius 2 is 2.06 bits per heavy atom. The monoisotopic (exact) mass is 234 g/mol. The molecule has 3 N–H and O–H groups in total. The van der Waals surface area contributed by atoms with Crippen LogP contribution in [-0.2, 0) is 16.0 Å². The van der Waals surface area contributed by atoms with Gasteiger partial charge in [0.25, 0.3) is 0 Å². The molecule has 1 aromatic rings. The summed E-state index contributed by atoms with van der Waals surface area (Å²) in [5.41, 5.74) is 1.46. The molecule has 0 saturated heterocycles. The Hall–Kier alpha value is -2.04. The highest BCUT2D eigenvalue weighted by Gasteiger charge is 2.32. The van der Waals surface area contributed by atoms with Crippen LogP contribution < -0.4 is 10.6 Å². The molecule has 0 fully saturated rings. The molecule has 17 heavy (non-hydrogen) atoms. The lowest BCUT2D eigenvalue weighted by Gasteiger charge is -2.32. The number of carboxylic acids is 1. The largest absolute Gasteiger partial charge is 0.481 e. The predicted octanol–water partition coefficient (Wildman–Crippen LogP) is 1.46. The van der Waals surface area contributed by atoms with Gasteiger partial charge in [-0.25, -0.2) is 0 Å². The van der Waals surface area contributed by atoms with E-state index in [1.807, 2.05) is 0 Å². The summed E-state index contributed by atoms with van der Waals surface area (Å²) in [6, 6.07) is 5.17. The topological polar surface area (TPSA) is 78.4 Å². The maximum absolute atomic E-state index is 11.7. The van der Waals surface area contributed by atoms with Crippen molar-refractivity contribution in [3.8, 4) is 0 Å². The Kier molecular flexibility index (Phi) is 2.53. The number of hydrogen-bond acceptors (Lipinski definition) is 3. The van der Waals surface area contributed by atoms with Crippen LogP contribution in [0.5, 0.6) is 0 Å². The van der Waals surface area contributed by atoms with Crippen LogP contribution in [0.15, 0.2) is 18.2 Å². The first-order valence-electron chi connectivity index (χ1n) is 5.33. The van der Waals surface area contributed by atoms with Gasteiger partial charge in [-0.15, -0.1) is 0 Å². The van der Waals surface area contributed by atoms with Crippen LogP contribution in [-0.4, -0.2) is 22.5 Å². The van der Waals surface area contributed by atoms with Crippen LogP contribution in [0.4, 0.5) is 11.4 Å². The third-order valence-electron chi connectivity index (χ3n) is 2.70. The van der Waals surface area contributed by atoms with E-state index in [4.69, 9.17) is 5.11 Å². The van der Waals surface area contributed by atoms with E-state index in [1.54, 1.807) is 32.0 Å². The van der Waals surface area contributed by atoms with E-state index in [9.17, 15) is 9.59 Å². The molecule has 0 radical (unpaired) electrons. The molecule has 0 saturated carbocycles. The summed E-state index contributed by atoms with van der Waals surface area (Å²) in [6.45, 7) is 3.55. The number of hydrogen-bond donors (Lipinski definition) is 3. The number of anilines is 2. The van der Waals surface area contributed by atoms with Crippen LogP contribution >= 0.6 is 0 Å². The van der Waals surface area contributed by atoms with Gasteiger partial charge in [-0.3, -0.25) is 9.59 Å². The Morgan fingerprint density at radius 1 is 1.35 bits per heavy atom. The van der Waals surface area contributed by atoms with Crippen molar-refractivity contribution in [2.75, 3.05) is 10.6 Å². The highest BCUT2D eigenvalue weighted by atomic mass is 16.4. The smallest absolute Gasteiger partial charge is 0.307 e. The predicted molar refractivity (Wildman–Crippen MR) is 64.1 cm³/mol. The quantitative estimate of drug-likeness (QED) is 0.723. The minimum Gasteiger partial charge on any atom is -0.481 e. The van der Waals surface area contributed by atoms with Crippen LogP contribution in [0.2, 0.25) is 0 Å². The van der Waals surface area contributed by atoms with Gasteiger partial charge < -0.3 is 15.7 Å². The molecule has 0 atom stereocenters. The SMILES string of the molecule is CC1(C)Nc2cc(CC(=O)O)ccc2NC1=O. The van der Waals surface area contributed by atoms with E-state index in [2.05, 4.69) is 10.6 Å². The lowest BCUT2D eigenvalue weighted by molar-refractivity contribution is -0.136. The van der Waals surface area contributed by atoms with Crippen molar-refractivity contribution in [1.29, 1.82) is 0 Å². The molecule has 1 aliphatic rings. The van der Waals surface area contributed by atoms with Gasteiger partial charge in [0.05, 0.1) is 17.8 Å². The standard InChI is InChI=1S/C12H14N2O3/c1-12(2)11(17)13-8-4-3-7(6-10(15)16)5-9(8)14-12/h3-5,14H,6H2,1-2H3,(H,13,17)(H,15,16). The van der Waals surface area contributed by atoms with E-state index < -0.39 is 11.5 Å². The lowest BCUT2D eigenvalue weighted by Crippen LogP contribution is -2.47. The Bertz CT molecular complexity index is 495. The Labute approximate surface area is 98.8 Å². The second-order valence-electron chi connectivity index (χ2n) is 4.65. The molecule has 1 amide bonds. The number of carbonyl (C=O) groups is 2. The fraction of sp³-hybridized carbons (Fsp3) is 0.333. The van der Waals surface area contributed by atoms with Crippen molar-refractivity contribution in [3.05, 3.63) is 23.8 Å². The molecular weight excluding hydrogens is 220 g/mol. The normalized spacial score (nSPS) is 16.7. The minimum atomic E-state index is -0.871. The fourth-order valence-corrected chi connectivity index (χ4v) is 1.76. The molecule has 1 aromatic carbocycles. The zero-order valence-electron chi connectivity index (χ0n) is 9.70. The summed E-state index contributed by atoms with van der Waals surface area (Å²) >= 11 is 0. The van der Waals surface area contributed by atoms with Gasteiger partial charge in [0, 0.05) is 0 Å². The second-order valence-corrected chi connectivity index (χ2v) is 4.65. The van der Waals surface area contributed by atoms with Gasteiger partial charge in [-0.05, 0) is 31.5 Å². The molecule has 5 heteroatoms. The zero-order chi connectivity index (χ0) is 12.6. The van der Waals surface area contributed by atoms with Crippen LogP contribution in [0, 0.1) is 0 Å². The number of benzene rings is 1. The molecule has 1 heterocycles. The lowest BCUT2D eigenvalue weighted by atomic mass is 9.99. The van der Waals surface area contributed by atoms with E-state index in [1.165, 1.54) is 0 Å². The zero-order valence-corrected chi connectivity index (χ0v) is 9.70. The van der Waals surface area contributed by atoms with Crippen molar-refractivity contribution in [3.63, 3.8) is 0 Å². The number of carboxylic acid groups (broad SMARTS) is 1. The first kappa shape index (κ1) is 11.4. The van der Waals surface area contributed by atoms with Gasteiger partial charge in [-0.2, -0.15) is 0 Å². The molecule has 0 unspecified atom stereocenters. The average molecular weight is 234 g/mol. The summed E-state index contributed by atoms with van der Waals surface area (Å²) in [4.78, 5) is 22.3. The van der Waals surface area contributed by atoms with Gasteiger partial charge in [0.15, 0.2) is 0 Å². The number of amides is 1. The second kappa shape index (κ2) is 3.76. The van der Waals surface area contributed by atoms with Crippen molar-refractivity contribution < 1.29 is 14.7 Å². The summed E-state index contributed by atoms with van der Waals surface area (Å²) < 4.78 is 0. The first-order chi connectivity index (χ1) is 7.88. The maximum atomic E-state index is 11.7. The highest BCUT2D eigenvalue weighted by Crippen LogP contribution is 2.31. The molecular formula is C12H14N2O3. The van der Waals surface area contributed by atoms with E-state index in [-0.39, 0.29) is 12.3 Å². The molecule has 0 aliphatic carbocycles. The van der Waals surface area contributed by atoms with Gasteiger partial charge >= 0.3 is 5.97 Å². The van der Waals surface area contributed by atoms with E-state index >= 15 is 0 Å². The van der Waals surface area contributed by atoms with Crippen LogP contribution in [0.1, 0.15) is 19.4 Å². The Balaban J connectivity index is 2.34. The van der Waals surface area contributed by atoms with Crippen LogP contribution in [0.3, 0.4) is 0 Å². The minimum absolute atomic E-state index is 0.0245. The van der Waals surface area contributed by atoms with Gasteiger partial charge in [0.1, 0.15) is 5.54 Å². The summed E-state index contributed by atoms with van der Waals surface area (Å²) in [5, 5.41) is 14.6. The van der Waals surface area contributed by atoms with Crippen molar-refractivity contribution in [1.82, 2.24) is 0 Å². The average Bonchev–Trinajstić information content (AvgIpc) is 2.18. The number of nitrogens with one attached hydrogen (secondary N) is 2. The van der Waals surface area contributed by atoms with Gasteiger partial charge in [0.2, 0.25) is 5.91 Å². The summed E-state index contributed by atoms with van der Waals surface area (Å²) in [6.07, 6.45) is -0.0245. The molecule has 0 spiro atoms. The first-order valence-corrected chi connectivity index (χ1v) is 5.33. The maximum Gasteiger partial charge on any atom is 0.307 e. The number of carbonyl (C=O) groups excluding carboxylic acids is 1. The van der Waals surface area contributed by atoms with Gasteiger partial charge in [-0.1, -0.05) is 6.07 Å². The number of rotatable bonds is 2. The summed E-state index contributed by atoms with van der Waals surface area (Å²) in [5.74, 6) is -0.972.